The van der Waals surface area contributed by atoms with Gasteiger partial charge in [0.25, 0.3) is 0 Å². The maximum absolute atomic E-state index is 10.4. The fourth-order valence-electron chi connectivity index (χ4n) is 4.15. The maximum atomic E-state index is 10.4. The van der Waals surface area contributed by atoms with Gasteiger partial charge in [-0.25, -0.2) is 0 Å². The lowest BCUT2D eigenvalue weighted by Crippen LogP contribution is -2.16. The summed E-state index contributed by atoms with van der Waals surface area (Å²) in [6.45, 7) is 0. The Bertz CT molecular complexity index is 207. The third-order valence-electron chi connectivity index (χ3n) is 5.12. The van der Waals surface area contributed by atoms with E-state index in [1.807, 2.05) is 0 Å². The van der Waals surface area contributed by atoms with Crippen LogP contribution in [0.15, 0.2) is 0 Å². The number of rotatable bonds is 3. The number of aliphatic hydroxyl groups is 1. The van der Waals surface area contributed by atoms with Crippen LogP contribution in [0.3, 0.4) is 0 Å². The van der Waals surface area contributed by atoms with E-state index >= 15 is 0 Å². The average molecular weight is 194 g/mol. The lowest BCUT2D eigenvalue weighted by atomic mass is 9.95. The van der Waals surface area contributed by atoms with Crippen LogP contribution >= 0.6 is 0 Å². The van der Waals surface area contributed by atoms with Gasteiger partial charge in [0.15, 0.2) is 0 Å². The summed E-state index contributed by atoms with van der Waals surface area (Å²) < 4.78 is 0. The summed E-state index contributed by atoms with van der Waals surface area (Å²) in [5, 5.41) is 10.4. The Morgan fingerprint density at radius 1 is 0.929 bits per heavy atom. The molecule has 0 spiro atoms. The van der Waals surface area contributed by atoms with Crippen LogP contribution in [-0.2, 0) is 0 Å². The van der Waals surface area contributed by atoms with Crippen LogP contribution < -0.4 is 0 Å². The SMILES string of the molecule is OC1(CCC2CCCC2)C2CCCC21. The quantitative estimate of drug-likeness (QED) is 0.732. The van der Waals surface area contributed by atoms with Gasteiger partial charge in [-0.2, -0.15) is 0 Å². The van der Waals surface area contributed by atoms with Gasteiger partial charge >= 0.3 is 0 Å². The Labute approximate surface area is 86.9 Å². The molecule has 3 saturated carbocycles. The minimum Gasteiger partial charge on any atom is -0.389 e. The molecule has 0 aliphatic heterocycles. The molecule has 0 aromatic rings. The molecule has 3 rings (SSSR count). The molecule has 0 radical (unpaired) electrons. The Hall–Kier alpha value is -0.0400. The van der Waals surface area contributed by atoms with Crippen LogP contribution in [0.1, 0.15) is 57.8 Å². The zero-order chi connectivity index (χ0) is 9.60. The van der Waals surface area contributed by atoms with Crippen molar-refractivity contribution in [2.45, 2.75) is 63.4 Å². The van der Waals surface area contributed by atoms with E-state index in [0.717, 1.165) is 12.3 Å². The van der Waals surface area contributed by atoms with E-state index < -0.39 is 0 Å². The van der Waals surface area contributed by atoms with E-state index in [0.29, 0.717) is 11.8 Å². The third-order valence-corrected chi connectivity index (χ3v) is 5.12. The predicted octanol–water partition coefficient (Wildman–Crippen LogP) is 3.12. The largest absolute Gasteiger partial charge is 0.389 e. The van der Waals surface area contributed by atoms with Crippen molar-refractivity contribution in [3.63, 3.8) is 0 Å². The zero-order valence-electron chi connectivity index (χ0n) is 9.04. The van der Waals surface area contributed by atoms with Gasteiger partial charge in [0, 0.05) is 0 Å². The molecular weight excluding hydrogens is 172 g/mol. The smallest absolute Gasteiger partial charge is 0.0711 e. The van der Waals surface area contributed by atoms with Crippen LogP contribution in [-0.4, -0.2) is 10.7 Å². The first kappa shape index (κ1) is 9.21. The fraction of sp³-hybridized carbons (Fsp3) is 1.00. The standard InChI is InChI=1S/C13H22O/c14-13(11-6-3-7-12(11)13)9-8-10-4-1-2-5-10/h10-12,14H,1-9H2. The average Bonchev–Trinajstić information content (AvgIpc) is 2.77. The number of hydrogen-bond donors (Lipinski definition) is 1. The van der Waals surface area contributed by atoms with Crippen molar-refractivity contribution in [3.8, 4) is 0 Å². The summed E-state index contributed by atoms with van der Waals surface area (Å²) in [6, 6.07) is 0. The van der Waals surface area contributed by atoms with Gasteiger partial charge in [-0.3, -0.25) is 0 Å². The van der Waals surface area contributed by atoms with E-state index in [-0.39, 0.29) is 5.60 Å². The fourth-order valence-corrected chi connectivity index (χ4v) is 4.15. The topological polar surface area (TPSA) is 20.2 Å². The predicted molar refractivity (Wildman–Crippen MR) is 57.0 cm³/mol. The summed E-state index contributed by atoms with van der Waals surface area (Å²) in [4.78, 5) is 0. The van der Waals surface area contributed by atoms with Crippen LogP contribution in [0.25, 0.3) is 0 Å². The minimum absolute atomic E-state index is 0.180. The molecule has 1 nitrogen and oxygen atoms in total. The van der Waals surface area contributed by atoms with Gasteiger partial charge in [-0.1, -0.05) is 32.1 Å². The Balaban J connectivity index is 1.49. The Morgan fingerprint density at radius 3 is 2.21 bits per heavy atom. The summed E-state index contributed by atoms with van der Waals surface area (Å²) >= 11 is 0. The first-order valence-electron chi connectivity index (χ1n) is 6.53. The van der Waals surface area contributed by atoms with Crippen molar-refractivity contribution >= 4 is 0 Å². The highest BCUT2D eigenvalue weighted by atomic mass is 16.3. The Morgan fingerprint density at radius 2 is 1.57 bits per heavy atom. The molecule has 1 heteroatoms. The summed E-state index contributed by atoms with van der Waals surface area (Å²) in [5.74, 6) is 2.38. The van der Waals surface area contributed by atoms with Gasteiger partial charge < -0.3 is 5.11 Å². The van der Waals surface area contributed by atoms with Gasteiger partial charge in [-0.15, -0.1) is 0 Å². The second-order valence-corrected chi connectivity index (χ2v) is 5.82. The van der Waals surface area contributed by atoms with Gasteiger partial charge in [0.2, 0.25) is 0 Å². The molecule has 0 heterocycles. The molecule has 3 fully saturated rings. The van der Waals surface area contributed by atoms with Gasteiger partial charge in [-0.05, 0) is 43.4 Å². The van der Waals surface area contributed by atoms with Gasteiger partial charge in [0.1, 0.15) is 0 Å². The molecule has 0 aromatic heterocycles. The molecule has 80 valence electrons. The third kappa shape index (κ3) is 1.32. The van der Waals surface area contributed by atoms with Crippen molar-refractivity contribution in [1.82, 2.24) is 0 Å². The molecule has 14 heavy (non-hydrogen) atoms. The Kier molecular flexibility index (Phi) is 2.12. The van der Waals surface area contributed by atoms with Crippen molar-refractivity contribution in [1.29, 1.82) is 0 Å². The molecule has 0 aromatic carbocycles. The molecule has 0 bridgehead atoms. The maximum Gasteiger partial charge on any atom is 0.0711 e. The lowest BCUT2D eigenvalue weighted by Gasteiger charge is -2.16. The normalized spacial score (nSPS) is 46.9. The number of fused-ring (bicyclic) bond motifs is 1. The van der Waals surface area contributed by atoms with Crippen LogP contribution in [0, 0.1) is 17.8 Å². The molecular formula is C13H22O. The molecule has 0 amide bonds. The molecule has 3 aliphatic rings. The monoisotopic (exact) mass is 194 g/mol. The molecule has 1 N–H and O–H groups in total. The van der Waals surface area contributed by atoms with Crippen LogP contribution in [0.4, 0.5) is 0 Å². The van der Waals surface area contributed by atoms with E-state index in [2.05, 4.69) is 0 Å². The summed E-state index contributed by atoms with van der Waals surface area (Å²) in [7, 11) is 0. The van der Waals surface area contributed by atoms with E-state index in [4.69, 9.17) is 0 Å². The highest BCUT2D eigenvalue weighted by molar-refractivity contribution is 5.14. The molecule has 0 saturated heterocycles. The van der Waals surface area contributed by atoms with E-state index in [1.165, 1.54) is 51.4 Å². The van der Waals surface area contributed by atoms with Crippen molar-refractivity contribution in [3.05, 3.63) is 0 Å². The highest BCUT2D eigenvalue weighted by Gasteiger charge is 2.64. The zero-order valence-corrected chi connectivity index (χ0v) is 9.04. The van der Waals surface area contributed by atoms with Crippen molar-refractivity contribution in [2.75, 3.05) is 0 Å². The number of hydrogen-bond acceptors (Lipinski definition) is 1. The van der Waals surface area contributed by atoms with Gasteiger partial charge in [0.05, 0.1) is 5.60 Å². The van der Waals surface area contributed by atoms with Crippen molar-refractivity contribution < 1.29 is 5.11 Å². The van der Waals surface area contributed by atoms with Crippen LogP contribution in [0.2, 0.25) is 0 Å². The molecule has 2 unspecified atom stereocenters. The second kappa shape index (κ2) is 3.23. The minimum atomic E-state index is -0.180. The second-order valence-electron chi connectivity index (χ2n) is 5.82. The van der Waals surface area contributed by atoms with Crippen molar-refractivity contribution in [2.24, 2.45) is 17.8 Å². The molecule has 2 atom stereocenters. The lowest BCUT2D eigenvalue weighted by molar-refractivity contribution is 0.0890. The summed E-state index contributed by atoms with van der Waals surface area (Å²) in [6.07, 6.45) is 12.2. The molecule has 3 aliphatic carbocycles. The first-order valence-corrected chi connectivity index (χ1v) is 6.53. The van der Waals surface area contributed by atoms with E-state index in [1.54, 1.807) is 0 Å². The summed E-state index contributed by atoms with van der Waals surface area (Å²) in [5.41, 5.74) is -0.180. The van der Waals surface area contributed by atoms with Crippen LogP contribution in [0.5, 0.6) is 0 Å². The first-order chi connectivity index (χ1) is 6.81. The van der Waals surface area contributed by atoms with E-state index in [9.17, 15) is 5.11 Å². The highest BCUT2D eigenvalue weighted by Crippen LogP contribution is 2.63.